The number of carbonyl (C=O) groups is 1. The quantitative estimate of drug-likeness (QED) is 0.734. The number of amides is 1. The van der Waals surface area contributed by atoms with Gasteiger partial charge >= 0.3 is 6.18 Å². The highest BCUT2D eigenvalue weighted by atomic mass is 19.4. The Morgan fingerprint density at radius 1 is 1.54 bits per heavy atom. The first-order valence-electron chi connectivity index (χ1n) is 3.15. The molecule has 2 N–H and O–H groups in total. The highest BCUT2D eigenvalue weighted by Crippen LogP contribution is 2.33. The van der Waals surface area contributed by atoms with Crippen LogP contribution in [-0.2, 0) is 6.18 Å². The molecule has 1 radical (unpaired) electrons. The fourth-order valence-corrected chi connectivity index (χ4v) is 0.836. The summed E-state index contributed by atoms with van der Waals surface area (Å²) in [5.41, 5.74) is 4.00. The summed E-state index contributed by atoms with van der Waals surface area (Å²) < 4.78 is 40.5. The van der Waals surface area contributed by atoms with Crippen molar-refractivity contribution in [1.29, 1.82) is 0 Å². The first kappa shape index (κ1) is 9.63. The third-order valence-corrected chi connectivity index (χ3v) is 1.31. The van der Waals surface area contributed by atoms with E-state index >= 15 is 0 Å². The van der Waals surface area contributed by atoms with Gasteiger partial charge in [-0.1, -0.05) is 0 Å². The summed E-state index contributed by atoms with van der Waals surface area (Å²) >= 11 is 0. The first-order chi connectivity index (χ1) is 5.82. The molecule has 1 rings (SSSR count). The monoisotopic (exact) mass is 192 g/mol. The molecular formula is C7H5F3NO2. The van der Waals surface area contributed by atoms with Gasteiger partial charge in [0.2, 0.25) is 5.76 Å². The van der Waals surface area contributed by atoms with Gasteiger partial charge < -0.3 is 10.2 Å². The Morgan fingerprint density at radius 2 is 2.08 bits per heavy atom. The number of hydrogen-bond acceptors (Lipinski definition) is 2. The van der Waals surface area contributed by atoms with Crippen molar-refractivity contribution in [2.24, 2.45) is 5.73 Å². The summed E-state index contributed by atoms with van der Waals surface area (Å²) in [6.07, 6.45) is -4.72. The van der Waals surface area contributed by atoms with Crippen molar-refractivity contribution in [2.45, 2.75) is 6.18 Å². The third kappa shape index (κ3) is 1.82. The fourth-order valence-electron chi connectivity index (χ4n) is 0.836. The topological polar surface area (TPSA) is 56.2 Å². The van der Waals surface area contributed by atoms with E-state index in [9.17, 15) is 18.0 Å². The van der Waals surface area contributed by atoms with Crippen LogP contribution < -0.4 is 5.73 Å². The molecule has 13 heavy (non-hydrogen) atoms. The lowest BCUT2D eigenvalue weighted by Gasteiger charge is -2.02. The molecule has 1 heterocycles. The average Bonchev–Trinajstić information content (AvgIpc) is 2.29. The van der Waals surface area contributed by atoms with E-state index in [0.29, 0.717) is 0 Å². The van der Waals surface area contributed by atoms with Gasteiger partial charge in [0.25, 0.3) is 5.91 Å². The lowest BCUT2D eigenvalue weighted by molar-refractivity contribution is -0.153. The Morgan fingerprint density at radius 3 is 2.38 bits per heavy atom. The Balaban J connectivity index is 3.28. The molecule has 6 heteroatoms. The van der Waals surface area contributed by atoms with Gasteiger partial charge in [-0.15, -0.1) is 0 Å². The molecule has 0 unspecified atom stereocenters. The summed E-state index contributed by atoms with van der Waals surface area (Å²) in [6.45, 7) is 3.12. The van der Waals surface area contributed by atoms with Crippen LogP contribution in [0.25, 0.3) is 0 Å². The SMILES string of the molecule is [CH2]c1cc(C(N)=O)c(C(F)(F)F)o1. The van der Waals surface area contributed by atoms with Crippen LogP contribution in [0.15, 0.2) is 10.5 Å². The molecule has 0 aliphatic rings. The molecular weight excluding hydrogens is 187 g/mol. The van der Waals surface area contributed by atoms with E-state index in [4.69, 9.17) is 5.73 Å². The van der Waals surface area contributed by atoms with E-state index in [2.05, 4.69) is 11.3 Å². The van der Waals surface area contributed by atoms with Crippen LogP contribution in [0.4, 0.5) is 13.2 Å². The number of hydrogen-bond donors (Lipinski definition) is 1. The fraction of sp³-hybridized carbons (Fsp3) is 0.143. The largest absolute Gasteiger partial charge is 0.456 e. The summed E-state index contributed by atoms with van der Waals surface area (Å²) in [4.78, 5) is 10.5. The average molecular weight is 192 g/mol. The van der Waals surface area contributed by atoms with Crippen LogP contribution in [0.1, 0.15) is 21.9 Å². The van der Waals surface area contributed by atoms with Crippen molar-refractivity contribution in [3.05, 3.63) is 30.1 Å². The zero-order chi connectivity index (χ0) is 10.2. The van der Waals surface area contributed by atoms with Crippen molar-refractivity contribution in [1.82, 2.24) is 0 Å². The van der Waals surface area contributed by atoms with Crippen molar-refractivity contribution in [3.63, 3.8) is 0 Å². The smallest absolute Gasteiger partial charge is 0.450 e. The molecule has 0 aromatic carbocycles. The molecule has 1 aromatic rings. The maximum Gasteiger partial charge on any atom is 0.450 e. The summed E-state index contributed by atoms with van der Waals surface area (Å²) in [5, 5.41) is 0. The lowest BCUT2D eigenvalue weighted by atomic mass is 10.2. The van der Waals surface area contributed by atoms with E-state index in [0.717, 1.165) is 6.07 Å². The molecule has 0 bridgehead atoms. The van der Waals surface area contributed by atoms with Crippen LogP contribution in [0.5, 0.6) is 0 Å². The normalized spacial score (nSPS) is 11.7. The molecule has 0 saturated carbocycles. The van der Waals surface area contributed by atoms with Crippen LogP contribution >= 0.6 is 0 Å². The van der Waals surface area contributed by atoms with Crippen molar-refractivity contribution in [3.8, 4) is 0 Å². The zero-order valence-electron chi connectivity index (χ0n) is 6.31. The van der Waals surface area contributed by atoms with E-state index in [-0.39, 0.29) is 5.76 Å². The molecule has 0 aliphatic carbocycles. The number of alkyl halides is 3. The minimum atomic E-state index is -4.72. The minimum Gasteiger partial charge on any atom is -0.456 e. The number of primary amides is 1. The third-order valence-electron chi connectivity index (χ3n) is 1.31. The van der Waals surface area contributed by atoms with Gasteiger partial charge in [0.1, 0.15) is 5.76 Å². The maximum absolute atomic E-state index is 12.1. The molecule has 3 nitrogen and oxygen atoms in total. The van der Waals surface area contributed by atoms with Gasteiger partial charge in [0, 0.05) is 6.92 Å². The Hall–Kier alpha value is -1.46. The van der Waals surface area contributed by atoms with Crippen LogP contribution in [0, 0.1) is 6.92 Å². The standard InChI is InChI=1S/C7H5F3NO2/c1-3-2-4(6(11)12)5(13-3)7(8,9)10/h2H,1H2,(H2,11,12). The Bertz CT molecular complexity index is 340. The number of carbonyl (C=O) groups excluding carboxylic acids is 1. The molecule has 1 amide bonds. The minimum absolute atomic E-state index is 0.249. The van der Waals surface area contributed by atoms with Crippen LogP contribution in [-0.4, -0.2) is 5.91 Å². The first-order valence-corrected chi connectivity index (χ1v) is 3.15. The second-order valence-corrected chi connectivity index (χ2v) is 2.32. The second-order valence-electron chi connectivity index (χ2n) is 2.32. The number of halogens is 3. The van der Waals surface area contributed by atoms with Gasteiger partial charge in [0.15, 0.2) is 0 Å². The molecule has 71 valence electrons. The predicted molar refractivity (Wildman–Crippen MR) is 36.7 cm³/mol. The Kier molecular flexibility index (Phi) is 2.07. The highest BCUT2D eigenvalue weighted by Gasteiger charge is 2.39. The van der Waals surface area contributed by atoms with E-state index in [1.165, 1.54) is 0 Å². The van der Waals surface area contributed by atoms with Gasteiger partial charge in [-0.25, -0.2) is 0 Å². The van der Waals surface area contributed by atoms with Crippen molar-refractivity contribution >= 4 is 5.91 Å². The van der Waals surface area contributed by atoms with Gasteiger partial charge in [-0.2, -0.15) is 13.2 Å². The van der Waals surface area contributed by atoms with Crippen molar-refractivity contribution < 1.29 is 22.4 Å². The summed E-state index contributed by atoms with van der Waals surface area (Å²) in [5.74, 6) is -2.84. The van der Waals surface area contributed by atoms with Crippen molar-refractivity contribution in [2.75, 3.05) is 0 Å². The van der Waals surface area contributed by atoms with Gasteiger partial charge in [-0.3, -0.25) is 4.79 Å². The van der Waals surface area contributed by atoms with E-state index < -0.39 is 23.4 Å². The summed E-state index contributed by atoms with van der Waals surface area (Å²) in [6, 6.07) is 0.852. The molecule has 0 atom stereocenters. The summed E-state index contributed by atoms with van der Waals surface area (Å²) in [7, 11) is 0. The Labute approximate surface area is 71.3 Å². The number of nitrogens with two attached hydrogens (primary N) is 1. The maximum atomic E-state index is 12.1. The zero-order valence-corrected chi connectivity index (χ0v) is 6.31. The molecule has 0 aliphatic heterocycles. The molecule has 0 spiro atoms. The number of furan rings is 1. The van der Waals surface area contributed by atoms with Crippen LogP contribution in [0.2, 0.25) is 0 Å². The van der Waals surface area contributed by atoms with Gasteiger partial charge in [-0.05, 0) is 6.07 Å². The molecule has 0 saturated heterocycles. The predicted octanol–water partition coefficient (Wildman–Crippen LogP) is 1.58. The lowest BCUT2D eigenvalue weighted by Crippen LogP contribution is -2.16. The van der Waals surface area contributed by atoms with Gasteiger partial charge in [0.05, 0.1) is 5.56 Å². The molecule has 1 aromatic heterocycles. The van der Waals surface area contributed by atoms with Crippen LogP contribution in [0.3, 0.4) is 0 Å². The van der Waals surface area contributed by atoms with E-state index in [1.54, 1.807) is 0 Å². The highest BCUT2D eigenvalue weighted by molar-refractivity contribution is 5.94. The van der Waals surface area contributed by atoms with E-state index in [1.807, 2.05) is 0 Å². The number of rotatable bonds is 1. The molecule has 0 fully saturated rings. The second kappa shape index (κ2) is 2.79.